The monoisotopic (exact) mass is 509 g/mol. The van der Waals surface area contributed by atoms with Crippen LogP contribution >= 0.6 is 24.0 Å². The van der Waals surface area contributed by atoms with Gasteiger partial charge in [-0.3, -0.25) is 4.99 Å². The van der Waals surface area contributed by atoms with Crippen molar-refractivity contribution in [2.45, 2.75) is 19.9 Å². The van der Waals surface area contributed by atoms with Crippen LogP contribution in [0.1, 0.15) is 11.4 Å². The van der Waals surface area contributed by atoms with Crippen molar-refractivity contribution >= 4 is 41.0 Å². The van der Waals surface area contributed by atoms with E-state index in [1.54, 1.807) is 14.2 Å². The highest BCUT2D eigenvalue weighted by Gasteiger charge is 2.06. The fourth-order valence-electron chi connectivity index (χ4n) is 3.17. The van der Waals surface area contributed by atoms with Crippen LogP contribution in [0.3, 0.4) is 0 Å². The van der Waals surface area contributed by atoms with E-state index < -0.39 is 0 Å². The maximum absolute atomic E-state index is 6.00. The number of aromatic nitrogens is 2. The number of para-hydroxylation sites is 2. The second-order valence-corrected chi connectivity index (χ2v) is 6.43. The number of ether oxygens (including phenoxy) is 2. The molecule has 0 amide bonds. The summed E-state index contributed by atoms with van der Waals surface area (Å²) in [6, 6.07) is 14.0. The number of nitrogens with one attached hydrogen (secondary N) is 1. The predicted molar refractivity (Wildman–Crippen MR) is 128 cm³/mol. The summed E-state index contributed by atoms with van der Waals surface area (Å²) in [4.78, 5) is 8.98. The molecule has 3 aromatic rings. The third kappa shape index (κ3) is 5.75. The molecule has 0 aliphatic carbocycles. The quantitative estimate of drug-likeness (QED) is 0.277. The Labute approximate surface area is 188 Å². The Morgan fingerprint density at radius 2 is 1.90 bits per heavy atom. The van der Waals surface area contributed by atoms with Gasteiger partial charge in [0.15, 0.2) is 17.5 Å². The van der Waals surface area contributed by atoms with Gasteiger partial charge in [0.1, 0.15) is 5.82 Å². The summed E-state index contributed by atoms with van der Waals surface area (Å²) in [6.45, 7) is 4.08. The molecule has 1 heterocycles. The van der Waals surface area contributed by atoms with Gasteiger partial charge in [-0.25, -0.2) is 4.98 Å². The van der Waals surface area contributed by atoms with E-state index >= 15 is 0 Å². The summed E-state index contributed by atoms with van der Waals surface area (Å²) in [6.07, 6.45) is 0.772. The maximum atomic E-state index is 6.00. The van der Waals surface area contributed by atoms with Crippen molar-refractivity contribution in [3.63, 3.8) is 0 Å². The molecule has 0 spiro atoms. The van der Waals surface area contributed by atoms with Crippen LogP contribution in [0.2, 0.25) is 0 Å². The van der Waals surface area contributed by atoms with Crippen LogP contribution in [0.15, 0.2) is 47.5 Å². The molecule has 0 atom stereocenters. The molecule has 0 fully saturated rings. The number of aryl methyl sites for hydroxylation is 1. The topological polar surface area (TPSA) is 86.7 Å². The standard InChI is InChI=1S/C21H27N5O2.HI/c1-15-25-17-6-4-5-7-18(17)26(15)13-12-24-21(22)23-11-10-16-8-9-19(27-2)20(14-16)28-3;/h4-9,14H,10-13H2,1-3H3,(H3,22,23,24);1H. The molecular weight excluding hydrogens is 481 g/mol. The number of guanidine groups is 1. The molecule has 2 aromatic carbocycles. The molecule has 0 radical (unpaired) electrons. The van der Waals surface area contributed by atoms with Gasteiger partial charge >= 0.3 is 0 Å². The number of nitrogens with two attached hydrogens (primary N) is 1. The van der Waals surface area contributed by atoms with E-state index in [0.717, 1.165) is 46.9 Å². The summed E-state index contributed by atoms with van der Waals surface area (Å²) >= 11 is 0. The zero-order valence-corrected chi connectivity index (χ0v) is 19.3. The Morgan fingerprint density at radius 1 is 1.14 bits per heavy atom. The molecule has 156 valence electrons. The zero-order valence-electron chi connectivity index (χ0n) is 17.0. The minimum atomic E-state index is 0. The molecule has 29 heavy (non-hydrogen) atoms. The van der Waals surface area contributed by atoms with Crippen LogP contribution in [0.25, 0.3) is 11.0 Å². The van der Waals surface area contributed by atoms with Crippen molar-refractivity contribution in [2.24, 2.45) is 10.7 Å². The molecular formula is C21H28IN5O2. The molecule has 0 aliphatic heterocycles. The number of hydrogen-bond donors (Lipinski definition) is 2. The minimum absolute atomic E-state index is 0. The van der Waals surface area contributed by atoms with Crippen molar-refractivity contribution in [1.82, 2.24) is 14.9 Å². The van der Waals surface area contributed by atoms with Gasteiger partial charge in [-0.1, -0.05) is 18.2 Å². The van der Waals surface area contributed by atoms with E-state index in [0.29, 0.717) is 19.0 Å². The van der Waals surface area contributed by atoms with Crippen LogP contribution in [0, 0.1) is 6.92 Å². The highest BCUT2D eigenvalue weighted by atomic mass is 127. The lowest BCUT2D eigenvalue weighted by Crippen LogP contribution is -2.34. The van der Waals surface area contributed by atoms with Crippen molar-refractivity contribution in [3.8, 4) is 11.5 Å². The first-order valence-corrected chi connectivity index (χ1v) is 9.29. The zero-order chi connectivity index (χ0) is 19.9. The lowest BCUT2D eigenvalue weighted by molar-refractivity contribution is 0.354. The minimum Gasteiger partial charge on any atom is -0.493 e. The second-order valence-electron chi connectivity index (χ2n) is 6.43. The Morgan fingerprint density at radius 3 is 2.66 bits per heavy atom. The highest BCUT2D eigenvalue weighted by Crippen LogP contribution is 2.27. The molecule has 0 saturated carbocycles. The number of halogens is 1. The molecule has 7 nitrogen and oxygen atoms in total. The normalized spacial score (nSPS) is 11.2. The van der Waals surface area contributed by atoms with E-state index in [1.807, 2.05) is 43.3 Å². The van der Waals surface area contributed by atoms with Crippen LogP contribution in [0.4, 0.5) is 0 Å². The molecule has 0 bridgehead atoms. The van der Waals surface area contributed by atoms with Gasteiger partial charge in [-0.05, 0) is 43.2 Å². The van der Waals surface area contributed by atoms with E-state index in [-0.39, 0.29) is 24.0 Å². The highest BCUT2D eigenvalue weighted by molar-refractivity contribution is 14.0. The molecule has 3 N–H and O–H groups in total. The summed E-state index contributed by atoms with van der Waals surface area (Å²) in [5.74, 6) is 2.88. The third-order valence-corrected chi connectivity index (χ3v) is 4.62. The van der Waals surface area contributed by atoms with Crippen LogP contribution in [-0.4, -0.2) is 42.8 Å². The lowest BCUT2D eigenvalue weighted by atomic mass is 10.1. The number of aliphatic imine (C=N–C) groups is 1. The molecule has 0 unspecified atom stereocenters. The summed E-state index contributed by atoms with van der Waals surface area (Å²) in [5.41, 5.74) is 9.26. The number of hydrogen-bond acceptors (Lipinski definition) is 4. The van der Waals surface area contributed by atoms with Gasteiger partial charge in [0.2, 0.25) is 0 Å². The van der Waals surface area contributed by atoms with Gasteiger partial charge in [-0.2, -0.15) is 0 Å². The van der Waals surface area contributed by atoms with Crippen LogP contribution in [0.5, 0.6) is 11.5 Å². The Balaban J connectivity index is 0.00000300. The second kappa shape index (κ2) is 10.9. The van der Waals surface area contributed by atoms with Crippen molar-refractivity contribution in [3.05, 3.63) is 53.9 Å². The Bertz CT molecular complexity index is 971. The molecule has 0 aliphatic rings. The first-order valence-electron chi connectivity index (χ1n) is 9.29. The molecule has 3 rings (SSSR count). The summed E-state index contributed by atoms with van der Waals surface area (Å²) in [5, 5.41) is 3.17. The van der Waals surface area contributed by atoms with Gasteiger partial charge in [0.05, 0.1) is 25.3 Å². The number of nitrogens with zero attached hydrogens (tertiary/aromatic N) is 3. The van der Waals surface area contributed by atoms with E-state index in [1.165, 1.54) is 0 Å². The average molecular weight is 509 g/mol. The van der Waals surface area contributed by atoms with Crippen molar-refractivity contribution < 1.29 is 9.47 Å². The van der Waals surface area contributed by atoms with Gasteiger partial charge in [0.25, 0.3) is 0 Å². The van der Waals surface area contributed by atoms with Crippen molar-refractivity contribution in [2.75, 3.05) is 27.3 Å². The van der Waals surface area contributed by atoms with Crippen LogP contribution in [-0.2, 0) is 13.0 Å². The van der Waals surface area contributed by atoms with E-state index in [2.05, 4.69) is 25.9 Å². The Kier molecular flexibility index (Phi) is 8.56. The number of imidazole rings is 1. The predicted octanol–water partition coefficient (Wildman–Crippen LogP) is 3.13. The average Bonchev–Trinajstić information content (AvgIpc) is 3.03. The van der Waals surface area contributed by atoms with Gasteiger partial charge < -0.3 is 25.1 Å². The number of fused-ring (bicyclic) bond motifs is 1. The van der Waals surface area contributed by atoms with E-state index in [4.69, 9.17) is 15.2 Å². The molecule has 1 aromatic heterocycles. The lowest BCUT2D eigenvalue weighted by Gasteiger charge is -2.10. The maximum Gasteiger partial charge on any atom is 0.188 e. The Hall–Kier alpha value is -2.49. The van der Waals surface area contributed by atoms with Gasteiger partial charge in [0, 0.05) is 19.6 Å². The van der Waals surface area contributed by atoms with Gasteiger partial charge in [-0.15, -0.1) is 24.0 Å². The fourth-order valence-corrected chi connectivity index (χ4v) is 3.17. The molecule has 0 saturated heterocycles. The number of methoxy groups -OCH3 is 2. The third-order valence-electron chi connectivity index (χ3n) is 4.62. The first-order chi connectivity index (χ1) is 13.6. The summed E-state index contributed by atoms with van der Waals surface area (Å²) < 4.78 is 12.8. The van der Waals surface area contributed by atoms with Crippen LogP contribution < -0.4 is 20.5 Å². The smallest absolute Gasteiger partial charge is 0.188 e. The molecule has 8 heteroatoms. The number of benzene rings is 2. The largest absolute Gasteiger partial charge is 0.493 e. The fraction of sp³-hybridized carbons (Fsp3) is 0.333. The SMILES string of the molecule is COc1ccc(CCN=C(N)NCCn2c(C)nc3ccccc32)cc1OC.I. The first kappa shape index (κ1) is 22.8. The number of rotatable bonds is 8. The van der Waals surface area contributed by atoms with E-state index in [9.17, 15) is 0 Å². The summed E-state index contributed by atoms with van der Waals surface area (Å²) in [7, 11) is 3.26. The van der Waals surface area contributed by atoms with Crippen molar-refractivity contribution in [1.29, 1.82) is 0 Å².